The molecule has 0 bridgehead atoms. The average Bonchev–Trinajstić information content (AvgIpc) is 2.79. The Morgan fingerprint density at radius 1 is 0.897 bits per heavy atom. The minimum atomic E-state index is -3.22. The molecule has 29 heavy (non-hydrogen) atoms. The zero-order valence-electron chi connectivity index (χ0n) is 16.7. The van der Waals surface area contributed by atoms with Crippen molar-refractivity contribution >= 4 is 23.1 Å². The van der Waals surface area contributed by atoms with Crippen LogP contribution in [0.3, 0.4) is 0 Å². The lowest BCUT2D eigenvalue weighted by atomic mass is 10.2. The smallest absolute Gasteiger partial charge is 0.183 e. The van der Waals surface area contributed by atoms with Gasteiger partial charge in [0.05, 0.1) is 0 Å². The fourth-order valence-electron chi connectivity index (χ4n) is 3.29. The second-order valence-electron chi connectivity index (χ2n) is 6.40. The lowest BCUT2D eigenvalue weighted by molar-refractivity contribution is -0.105. The Morgan fingerprint density at radius 3 is 1.93 bits per heavy atom. The highest BCUT2D eigenvalue weighted by Gasteiger charge is 2.34. The molecule has 150 valence electrons. The van der Waals surface area contributed by atoms with E-state index in [-0.39, 0.29) is 0 Å². The summed E-state index contributed by atoms with van der Waals surface area (Å²) in [4.78, 5) is 0. The molecule has 0 unspecified atom stereocenters. The summed E-state index contributed by atoms with van der Waals surface area (Å²) < 4.78 is 31.6. The van der Waals surface area contributed by atoms with E-state index in [9.17, 15) is 4.57 Å². The SMILES string of the molecule is C=CCOc1ccc(C(OC)OC)c(P(=O)(c2ccccc2)c2ccccc2)c1. The highest BCUT2D eigenvalue weighted by molar-refractivity contribution is 7.85. The maximum Gasteiger partial charge on any atom is 0.183 e. The standard InChI is InChI=1S/C24H25O4P/c1-4-17-28-19-15-16-22(24(26-2)27-3)23(18-19)29(25,20-11-7-5-8-12-20)21-13-9-6-10-14-21/h4-16,18,24H,1,17H2,2-3H3. The highest BCUT2D eigenvalue weighted by Crippen LogP contribution is 2.45. The van der Waals surface area contributed by atoms with Gasteiger partial charge in [-0.2, -0.15) is 0 Å². The number of benzene rings is 3. The van der Waals surface area contributed by atoms with Crippen LogP contribution in [0, 0.1) is 0 Å². The van der Waals surface area contributed by atoms with Crippen LogP contribution in [-0.2, 0) is 14.0 Å². The summed E-state index contributed by atoms with van der Waals surface area (Å²) in [5, 5.41) is 2.10. The first-order valence-electron chi connectivity index (χ1n) is 9.30. The van der Waals surface area contributed by atoms with Crippen molar-refractivity contribution in [2.45, 2.75) is 6.29 Å². The lowest BCUT2D eigenvalue weighted by Gasteiger charge is -2.26. The van der Waals surface area contributed by atoms with E-state index in [2.05, 4.69) is 6.58 Å². The summed E-state index contributed by atoms with van der Waals surface area (Å²) >= 11 is 0. The molecule has 0 N–H and O–H groups in total. The number of rotatable bonds is 9. The van der Waals surface area contributed by atoms with Gasteiger partial charge in [0.1, 0.15) is 12.4 Å². The molecule has 0 aliphatic carbocycles. The van der Waals surface area contributed by atoms with Crippen LogP contribution < -0.4 is 20.7 Å². The van der Waals surface area contributed by atoms with Gasteiger partial charge >= 0.3 is 0 Å². The molecule has 0 radical (unpaired) electrons. The molecule has 3 rings (SSSR count). The molecule has 4 nitrogen and oxygen atoms in total. The van der Waals surface area contributed by atoms with Gasteiger partial charge in [0.25, 0.3) is 0 Å². The normalized spacial score (nSPS) is 11.4. The van der Waals surface area contributed by atoms with E-state index in [0.29, 0.717) is 23.2 Å². The third-order valence-corrected chi connectivity index (χ3v) is 7.75. The summed E-state index contributed by atoms with van der Waals surface area (Å²) in [5.74, 6) is 0.613. The zero-order valence-corrected chi connectivity index (χ0v) is 17.5. The number of methoxy groups -OCH3 is 2. The van der Waals surface area contributed by atoms with Crippen molar-refractivity contribution in [1.29, 1.82) is 0 Å². The Bertz CT molecular complexity index is 939. The van der Waals surface area contributed by atoms with E-state index < -0.39 is 13.4 Å². The third-order valence-electron chi connectivity index (χ3n) is 4.63. The fraction of sp³-hybridized carbons (Fsp3) is 0.167. The molecule has 5 heteroatoms. The van der Waals surface area contributed by atoms with Crippen molar-refractivity contribution in [2.24, 2.45) is 0 Å². The second kappa shape index (κ2) is 9.71. The molecule has 3 aromatic carbocycles. The molecule has 0 heterocycles. The van der Waals surface area contributed by atoms with E-state index in [0.717, 1.165) is 10.6 Å². The van der Waals surface area contributed by atoms with E-state index in [1.807, 2.05) is 78.9 Å². The molecule has 0 aliphatic heterocycles. The first-order valence-corrected chi connectivity index (χ1v) is 11.0. The van der Waals surface area contributed by atoms with Crippen molar-refractivity contribution < 1.29 is 18.8 Å². The van der Waals surface area contributed by atoms with E-state index in [4.69, 9.17) is 14.2 Å². The summed E-state index contributed by atoms with van der Waals surface area (Å²) in [5.41, 5.74) is 0.706. The van der Waals surface area contributed by atoms with Crippen LogP contribution in [0.2, 0.25) is 0 Å². The summed E-state index contributed by atoms with van der Waals surface area (Å²) in [6, 6.07) is 24.5. The molecule has 0 aromatic heterocycles. The number of hydrogen-bond donors (Lipinski definition) is 0. The van der Waals surface area contributed by atoms with Crippen LogP contribution in [0.25, 0.3) is 0 Å². The van der Waals surface area contributed by atoms with Gasteiger partial charge in [0.2, 0.25) is 0 Å². The molecule has 0 amide bonds. The number of hydrogen-bond acceptors (Lipinski definition) is 4. The first-order chi connectivity index (χ1) is 14.1. The van der Waals surface area contributed by atoms with Gasteiger partial charge in [0, 0.05) is 35.7 Å². The lowest BCUT2D eigenvalue weighted by Crippen LogP contribution is -2.29. The van der Waals surface area contributed by atoms with Gasteiger partial charge in [-0.1, -0.05) is 73.3 Å². The topological polar surface area (TPSA) is 44.8 Å². The Balaban J connectivity index is 2.31. The monoisotopic (exact) mass is 408 g/mol. The summed E-state index contributed by atoms with van der Waals surface area (Å²) in [7, 11) is -0.0882. The molecule has 0 spiro atoms. The van der Waals surface area contributed by atoms with Gasteiger partial charge in [-0.15, -0.1) is 0 Å². The fourth-order valence-corrected chi connectivity index (χ4v) is 6.18. The van der Waals surface area contributed by atoms with Crippen LogP contribution in [0.5, 0.6) is 5.75 Å². The van der Waals surface area contributed by atoms with Crippen LogP contribution in [-0.4, -0.2) is 20.8 Å². The minimum absolute atomic E-state index is 0.359. The third kappa shape index (κ3) is 4.35. The zero-order chi connectivity index (χ0) is 20.7. The molecule has 0 saturated heterocycles. The summed E-state index contributed by atoms with van der Waals surface area (Å²) in [6.07, 6.45) is 1.02. The molecule has 0 fully saturated rings. The van der Waals surface area contributed by atoms with E-state index in [1.54, 1.807) is 20.3 Å². The quantitative estimate of drug-likeness (QED) is 0.303. The Labute approximate surface area is 172 Å². The molecular weight excluding hydrogens is 383 g/mol. The predicted molar refractivity (Wildman–Crippen MR) is 118 cm³/mol. The van der Waals surface area contributed by atoms with E-state index in [1.165, 1.54) is 0 Å². The predicted octanol–water partition coefficient (Wildman–Crippen LogP) is 4.18. The molecule has 0 saturated carbocycles. The van der Waals surface area contributed by atoms with Crippen molar-refractivity contribution in [2.75, 3.05) is 20.8 Å². The van der Waals surface area contributed by atoms with E-state index >= 15 is 0 Å². The van der Waals surface area contributed by atoms with Gasteiger partial charge in [0.15, 0.2) is 13.4 Å². The Morgan fingerprint density at radius 2 is 1.45 bits per heavy atom. The maximum atomic E-state index is 14.8. The van der Waals surface area contributed by atoms with Gasteiger partial charge in [-0.05, 0) is 18.2 Å². The maximum absolute atomic E-state index is 14.8. The van der Waals surface area contributed by atoms with Crippen molar-refractivity contribution in [1.82, 2.24) is 0 Å². The molecular formula is C24H25O4P. The van der Waals surface area contributed by atoms with Gasteiger partial charge in [-0.25, -0.2) is 0 Å². The Hall–Kier alpha value is -2.65. The second-order valence-corrected chi connectivity index (χ2v) is 9.14. The van der Waals surface area contributed by atoms with Crippen LogP contribution >= 0.6 is 7.14 Å². The average molecular weight is 408 g/mol. The molecule has 0 atom stereocenters. The van der Waals surface area contributed by atoms with Crippen LogP contribution in [0.1, 0.15) is 11.9 Å². The first kappa shape index (κ1) is 21.1. The van der Waals surface area contributed by atoms with Crippen molar-refractivity contribution in [3.63, 3.8) is 0 Å². The molecule has 3 aromatic rings. The van der Waals surface area contributed by atoms with Crippen molar-refractivity contribution in [3.05, 3.63) is 97.1 Å². The van der Waals surface area contributed by atoms with Crippen molar-refractivity contribution in [3.8, 4) is 5.75 Å². The van der Waals surface area contributed by atoms with Crippen LogP contribution in [0.4, 0.5) is 0 Å². The number of ether oxygens (including phenoxy) is 3. The van der Waals surface area contributed by atoms with Gasteiger partial charge in [-0.3, -0.25) is 0 Å². The molecule has 0 aliphatic rings. The van der Waals surface area contributed by atoms with Crippen LogP contribution in [0.15, 0.2) is 91.5 Å². The largest absolute Gasteiger partial charge is 0.490 e. The summed E-state index contributed by atoms with van der Waals surface area (Å²) in [6.45, 7) is 4.05. The van der Waals surface area contributed by atoms with Gasteiger partial charge < -0.3 is 18.8 Å². The minimum Gasteiger partial charge on any atom is -0.490 e. The highest BCUT2D eigenvalue weighted by atomic mass is 31.2. The Kier molecular flexibility index (Phi) is 7.05.